The van der Waals surface area contributed by atoms with Crippen LogP contribution in [0.15, 0.2) is 48.9 Å². The summed E-state index contributed by atoms with van der Waals surface area (Å²) in [7, 11) is 0. The second-order valence-corrected chi connectivity index (χ2v) is 12.2. The number of aromatic nitrogens is 3. The number of likely N-dealkylation sites (tertiary alicyclic amines) is 1. The number of fused-ring (bicyclic) bond motifs is 2. The predicted octanol–water partition coefficient (Wildman–Crippen LogP) is 4.86. The Morgan fingerprint density at radius 1 is 1.11 bits per heavy atom. The number of carboxylic acids is 1. The number of benzene rings is 2. The minimum absolute atomic E-state index is 0.0113. The van der Waals surface area contributed by atoms with E-state index in [1.54, 1.807) is 36.7 Å². The van der Waals surface area contributed by atoms with Crippen molar-refractivity contribution in [3.05, 3.63) is 88.8 Å². The SMILES string of the molecule is Cc1cc(F)cc(C)c1-c1cc(F)c(F)c([C@H](CC(=O)O)NC(=O)[C@@H]2[C@@H]3[C@H](CN2C(=O)c2cn4cccnc4n2)C3(C)C)c1. The summed E-state index contributed by atoms with van der Waals surface area (Å²) in [4.78, 5) is 49.3. The fraction of sp³-hybridized carbons (Fsp3) is 0.344. The number of carbonyl (C=O) groups is 3. The number of imidazole rings is 1. The minimum Gasteiger partial charge on any atom is -0.481 e. The number of nitrogens with zero attached hydrogens (tertiary/aromatic N) is 4. The molecule has 2 aliphatic rings. The third-order valence-electron chi connectivity index (χ3n) is 9.11. The van der Waals surface area contributed by atoms with Crippen molar-refractivity contribution in [2.45, 2.75) is 46.2 Å². The lowest BCUT2D eigenvalue weighted by molar-refractivity contribution is -0.138. The number of carboxylic acid groups (broad SMARTS) is 1. The van der Waals surface area contributed by atoms with Crippen molar-refractivity contribution in [1.82, 2.24) is 24.6 Å². The molecule has 1 aliphatic carbocycles. The number of hydrogen-bond donors (Lipinski definition) is 2. The molecule has 0 spiro atoms. The van der Waals surface area contributed by atoms with Crippen LogP contribution in [0.2, 0.25) is 0 Å². The Morgan fingerprint density at radius 3 is 2.48 bits per heavy atom. The molecule has 4 atom stereocenters. The lowest BCUT2D eigenvalue weighted by Crippen LogP contribution is -2.50. The zero-order valence-electron chi connectivity index (χ0n) is 24.4. The van der Waals surface area contributed by atoms with Gasteiger partial charge in [-0.3, -0.25) is 18.8 Å². The Balaban J connectivity index is 1.35. The summed E-state index contributed by atoms with van der Waals surface area (Å²) in [6.45, 7) is 7.50. The van der Waals surface area contributed by atoms with Crippen LogP contribution in [0, 0.1) is 48.5 Å². The van der Waals surface area contributed by atoms with E-state index < -0.39 is 53.7 Å². The molecular formula is C32H30F3N5O4. The molecule has 12 heteroatoms. The van der Waals surface area contributed by atoms with Crippen LogP contribution in [0.25, 0.3) is 16.9 Å². The number of aryl methyl sites for hydroxylation is 2. The van der Waals surface area contributed by atoms with Crippen molar-refractivity contribution in [3.8, 4) is 11.1 Å². The number of aliphatic carboxylic acids is 1. The lowest BCUT2D eigenvalue weighted by atomic mass is 9.91. The van der Waals surface area contributed by atoms with Gasteiger partial charge in [-0.15, -0.1) is 0 Å². The van der Waals surface area contributed by atoms with Gasteiger partial charge < -0.3 is 15.3 Å². The van der Waals surface area contributed by atoms with E-state index in [0.717, 1.165) is 6.07 Å². The Hall–Kier alpha value is -4.74. The van der Waals surface area contributed by atoms with Gasteiger partial charge in [0.2, 0.25) is 11.7 Å². The van der Waals surface area contributed by atoms with Crippen LogP contribution in [-0.2, 0) is 9.59 Å². The molecule has 0 unspecified atom stereocenters. The highest BCUT2D eigenvalue weighted by Gasteiger charge is 2.69. The van der Waals surface area contributed by atoms with Crippen LogP contribution in [-0.4, -0.2) is 54.7 Å². The summed E-state index contributed by atoms with van der Waals surface area (Å²) in [5.41, 5.74) is 1.08. The normalized spacial score (nSPS) is 20.8. The lowest BCUT2D eigenvalue weighted by Gasteiger charge is -2.31. The molecule has 6 rings (SSSR count). The molecule has 4 aromatic rings. The molecule has 2 fully saturated rings. The summed E-state index contributed by atoms with van der Waals surface area (Å²) in [6.07, 6.45) is 4.00. The zero-order chi connectivity index (χ0) is 31.7. The van der Waals surface area contributed by atoms with E-state index in [1.807, 2.05) is 13.8 Å². The third-order valence-corrected chi connectivity index (χ3v) is 9.11. The number of nitrogens with one attached hydrogen (secondary N) is 1. The highest BCUT2D eigenvalue weighted by atomic mass is 19.2. The zero-order valence-corrected chi connectivity index (χ0v) is 24.4. The van der Waals surface area contributed by atoms with Crippen molar-refractivity contribution >= 4 is 23.6 Å². The fourth-order valence-corrected chi connectivity index (χ4v) is 6.92. The smallest absolute Gasteiger partial charge is 0.305 e. The monoisotopic (exact) mass is 605 g/mol. The molecule has 228 valence electrons. The molecule has 44 heavy (non-hydrogen) atoms. The van der Waals surface area contributed by atoms with Gasteiger partial charge in [0.1, 0.15) is 17.6 Å². The van der Waals surface area contributed by atoms with Crippen molar-refractivity contribution in [1.29, 1.82) is 0 Å². The van der Waals surface area contributed by atoms with E-state index >= 15 is 8.78 Å². The molecule has 9 nitrogen and oxygen atoms in total. The quantitative estimate of drug-likeness (QED) is 0.311. The van der Waals surface area contributed by atoms with Crippen molar-refractivity contribution in [3.63, 3.8) is 0 Å². The van der Waals surface area contributed by atoms with Crippen LogP contribution in [0.1, 0.15) is 53.5 Å². The van der Waals surface area contributed by atoms with Crippen LogP contribution >= 0.6 is 0 Å². The van der Waals surface area contributed by atoms with Crippen LogP contribution in [0.3, 0.4) is 0 Å². The van der Waals surface area contributed by atoms with Gasteiger partial charge >= 0.3 is 5.97 Å². The highest BCUT2D eigenvalue weighted by Crippen LogP contribution is 2.65. The van der Waals surface area contributed by atoms with Crippen LogP contribution in [0.5, 0.6) is 0 Å². The van der Waals surface area contributed by atoms with E-state index in [4.69, 9.17) is 0 Å². The average molecular weight is 606 g/mol. The van der Waals surface area contributed by atoms with Crippen molar-refractivity contribution in [2.75, 3.05) is 6.54 Å². The molecule has 0 bridgehead atoms. The van der Waals surface area contributed by atoms with Gasteiger partial charge in [-0.25, -0.2) is 23.1 Å². The molecule has 2 aromatic carbocycles. The molecule has 2 aromatic heterocycles. The topological polar surface area (TPSA) is 117 Å². The molecule has 2 N–H and O–H groups in total. The van der Waals surface area contributed by atoms with E-state index in [2.05, 4.69) is 15.3 Å². The first kappa shape index (κ1) is 29.3. The number of rotatable bonds is 7. The van der Waals surface area contributed by atoms with Gasteiger partial charge in [-0.1, -0.05) is 13.8 Å². The number of piperidine rings is 1. The maximum atomic E-state index is 15.4. The Labute approximate surface area is 250 Å². The standard InChI is InChI=1S/C32H30F3N5O4/c1-15-8-18(33)9-16(2)25(15)17-10-19(27(35)21(34)11-17)22(12-24(41)42)37-29(43)28-26-20(32(26,3)4)13-40(28)30(44)23-14-39-7-5-6-36-31(39)38-23/h5-11,14,20,22,26,28H,12-13H2,1-4H3,(H,37,43)(H,41,42)/t20-,22-,26-,28-/m0/s1. The van der Waals surface area contributed by atoms with E-state index in [1.165, 1.54) is 29.3 Å². The second kappa shape index (κ2) is 10.5. The van der Waals surface area contributed by atoms with Crippen molar-refractivity contribution < 1.29 is 32.7 Å². The summed E-state index contributed by atoms with van der Waals surface area (Å²) in [5.74, 6) is -5.46. The largest absolute Gasteiger partial charge is 0.481 e. The van der Waals surface area contributed by atoms with Gasteiger partial charge in [0.25, 0.3) is 5.91 Å². The van der Waals surface area contributed by atoms with Crippen LogP contribution < -0.4 is 5.32 Å². The number of carbonyl (C=O) groups excluding carboxylic acids is 2. The van der Waals surface area contributed by atoms with Gasteiger partial charge in [0, 0.05) is 30.7 Å². The number of halogens is 3. The fourth-order valence-electron chi connectivity index (χ4n) is 6.92. The van der Waals surface area contributed by atoms with Gasteiger partial charge in [-0.2, -0.15) is 0 Å². The predicted molar refractivity (Wildman–Crippen MR) is 153 cm³/mol. The van der Waals surface area contributed by atoms with Crippen molar-refractivity contribution in [2.24, 2.45) is 17.3 Å². The second-order valence-electron chi connectivity index (χ2n) is 12.2. The molecular weight excluding hydrogens is 575 g/mol. The summed E-state index contributed by atoms with van der Waals surface area (Å²) in [6, 6.07) is 4.00. The first-order chi connectivity index (χ1) is 20.8. The van der Waals surface area contributed by atoms with E-state index in [-0.39, 0.29) is 40.6 Å². The minimum atomic E-state index is -1.47. The Kier molecular flexibility index (Phi) is 6.97. The molecule has 1 saturated carbocycles. The summed E-state index contributed by atoms with van der Waals surface area (Å²) >= 11 is 0. The van der Waals surface area contributed by atoms with Crippen LogP contribution in [0.4, 0.5) is 13.2 Å². The molecule has 1 saturated heterocycles. The first-order valence-electron chi connectivity index (χ1n) is 14.2. The van der Waals surface area contributed by atoms with Gasteiger partial charge in [0.15, 0.2) is 11.6 Å². The number of hydrogen-bond acceptors (Lipinski definition) is 5. The molecule has 2 amide bonds. The maximum Gasteiger partial charge on any atom is 0.305 e. The summed E-state index contributed by atoms with van der Waals surface area (Å²) < 4.78 is 46.0. The maximum absolute atomic E-state index is 15.4. The first-order valence-corrected chi connectivity index (χ1v) is 14.2. The Bertz CT molecular complexity index is 1800. The van der Waals surface area contributed by atoms with Gasteiger partial charge in [0.05, 0.1) is 12.5 Å². The Morgan fingerprint density at radius 2 is 1.82 bits per heavy atom. The number of amides is 2. The third kappa shape index (κ3) is 4.87. The van der Waals surface area contributed by atoms with Gasteiger partial charge in [-0.05, 0) is 83.7 Å². The molecule has 3 heterocycles. The highest BCUT2D eigenvalue weighted by molar-refractivity contribution is 5.98. The molecule has 1 aliphatic heterocycles. The van der Waals surface area contributed by atoms with E-state index in [0.29, 0.717) is 22.5 Å². The van der Waals surface area contributed by atoms with E-state index in [9.17, 15) is 23.9 Å². The average Bonchev–Trinajstić information content (AvgIpc) is 3.32. The molecule has 0 radical (unpaired) electrons. The summed E-state index contributed by atoms with van der Waals surface area (Å²) in [5, 5.41) is 12.3.